The quantitative estimate of drug-likeness (QED) is 0.751. The van der Waals surface area contributed by atoms with E-state index in [1.165, 1.54) is 6.26 Å². The predicted molar refractivity (Wildman–Crippen MR) is 102 cm³/mol. The van der Waals surface area contributed by atoms with Crippen molar-refractivity contribution in [3.8, 4) is 11.1 Å². The molecule has 142 valence electrons. The van der Waals surface area contributed by atoms with Gasteiger partial charge in [0.25, 0.3) is 0 Å². The van der Waals surface area contributed by atoms with Crippen LogP contribution in [0.15, 0.2) is 58.6 Å². The first-order chi connectivity index (χ1) is 12.8. The van der Waals surface area contributed by atoms with Crippen molar-refractivity contribution >= 4 is 21.7 Å². The van der Waals surface area contributed by atoms with Gasteiger partial charge in [0, 0.05) is 6.26 Å². The molecule has 0 radical (unpaired) electrons. The molecular formula is C20H21NO5S. The summed E-state index contributed by atoms with van der Waals surface area (Å²) in [5.41, 5.74) is 2.72. The number of carbonyl (C=O) groups excluding carboxylic acids is 1. The number of esters is 1. The van der Waals surface area contributed by atoms with E-state index in [0.717, 1.165) is 16.7 Å². The highest BCUT2D eigenvalue weighted by molar-refractivity contribution is 7.90. The standard InChI is InChI=1S/C20H21NO5S/c1-13(2)20(22)26-19-18(12-25-21-19)16-6-4-5-15(11-16)14-7-9-17(10-8-14)27(3,23)24/h4-11,13,18H,12H2,1-3H3. The first kappa shape index (κ1) is 19.1. The van der Waals surface area contributed by atoms with Gasteiger partial charge < -0.3 is 9.57 Å². The Labute approximate surface area is 158 Å². The van der Waals surface area contributed by atoms with E-state index in [-0.39, 0.29) is 28.6 Å². The van der Waals surface area contributed by atoms with Crippen LogP contribution in [0.2, 0.25) is 0 Å². The van der Waals surface area contributed by atoms with Crippen molar-refractivity contribution in [2.45, 2.75) is 24.7 Å². The Kier molecular flexibility index (Phi) is 5.32. The van der Waals surface area contributed by atoms with Crippen LogP contribution in [-0.2, 0) is 24.2 Å². The minimum absolute atomic E-state index is 0.256. The fourth-order valence-corrected chi connectivity index (χ4v) is 3.32. The summed E-state index contributed by atoms with van der Waals surface area (Å²) >= 11 is 0. The van der Waals surface area contributed by atoms with Crippen LogP contribution in [0.4, 0.5) is 0 Å². The summed E-state index contributed by atoms with van der Waals surface area (Å²) in [7, 11) is -3.23. The minimum atomic E-state index is -3.23. The molecule has 2 aromatic rings. The molecule has 3 rings (SSSR count). The first-order valence-electron chi connectivity index (χ1n) is 8.57. The molecule has 0 N–H and O–H groups in total. The Hall–Kier alpha value is -2.67. The summed E-state index contributed by atoms with van der Waals surface area (Å²) in [6, 6.07) is 14.4. The fourth-order valence-electron chi connectivity index (χ4n) is 2.69. The number of nitrogens with zero attached hydrogens (tertiary/aromatic N) is 1. The summed E-state index contributed by atoms with van der Waals surface area (Å²) in [5, 5.41) is 3.86. The van der Waals surface area contributed by atoms with E-state index >= 15 is 0 Å². The van der Waals surface area contributed by atoms with Crippen molar-refractivity contribution in [1.82, 2.24) is 0 Å². The topological polar surface area (TPSA) is 82.0 Å². The number of hydrogen-bond acceptors (Lipinski definition) is 6. The van der Waals surface area contributed by atoms with E-state index in [0.29, 0.717) is 6.61 Å². The lowest BCUT2D eigenvalue weighted by Crippen LogP contribution is -2.21. The summed E-state index contributed by atoms with van der Waals surface area (Å²) < 4.78 is 28.6. The maximum Gasteiger partial charge on any atom is 0.314 e. The van der Waals surface area contributed by atoms with Crippen molar-refractivity contribution < 1.29 is 22.8 Å². The molecule has 1 atom stereocenters. The van der Waals surface area contributed by atoms with Crippen LogP contribution >= 0.6 is 0 Å². The van der Waals surface area contributed by atoms with E-state index in [1.54, 1.807) is 38.1 Å². The van der Waals surface area contributed by atoms with Gasteiger partial charge in [0.2, 0.25) is 5.90 Å². The molecule has 0 spiro atoms. The van der Waals surface area contributed by atoms with Crippen LogP contribution in [-0.4, -0.2) is 33.1 Å². The molecule has 1 aliphatic heterocycles. The van der Waals surface area contributed by atoms with Gasteiger partial charge >= 0.3 is 5.97 Å². The van der Waals surface area contributed by atoms with Gasteiger partial charge in [-0.15, -0.1) is 0 Å². The molecule has 1 aliphatic rings. The second kappa shape index (κ2) is 7.52. The Morgan fingerprint density at radius 1 is 1.15 bits per heavy atom. The van der Waals surface area contributed by atoms with Crippen LogP contribution < -0.4 is 0 Å². The molecule has 6 nitrogen and oxygen atoms in total. The van der Waals surface area contributed by atoms with Crippen LogP contribution in [0.1, 0.15) is 25.3 Å². The molecule has 0 fully saturated rings. The predicted octanol–water partition coefficient (Wildman–Crippen LogP) is 3.38. The molecule has 0 amide bonds. The molecular weight excluding hydrogens is 366 g/mol. The zero-order chi connectivity index (χ0) is 19.6. The Morgan fingerprint density at radius 3 is 2.48 bits per heavy atom. The summed E-state index contributed by atoms with van der Waals surface area (Å²) in [4.78, 5) is 17.3. The van der Waals surface area contributed by atoms with Crippen LogP contribution in [0.5, 0.6) is 0 Å². The van der Waals surface area contributed by atoms with Crippen molar-refractivity contribution in [1.29, 1.82) is 0 Å². The lowest BCUT2D eigenvalue weighted by Gasteiger charge is -2.13. The summed E-state index contributed by atoms with van der Waals surface area (Å²) in [6.07, 6.45) is 1.18. The third-order valence-corrected chi connectivity index (χ3v) is 5.40. The van der Waals surface area contributed by atoms with Crippen LogP contribution in [0, 0.1) is 5.92 Å². The second-order valence-electron chi connectivity index (χ2n) is 6.78. The van der Waals surface area contributed by atoms with Crippen molar-refractivity contribution in [3.63, 3.8) is 0 Å². The van der Waals surface area contributed by atoms with Gasteiger partial charge in [-0.05, 0) is 28.8 Å². The number of benzene rings is 2. The zero-order valence-electron chi connectivity index (χ0n) is 15.4. The van der Waals surface area contributed by atoms with E-state index in [1.807, 2.05) is 24.3 Å². The van der Waals surface area contributed by atoms with Gasteiger partial charge in [0.1, 0.15) is 12.5 Å². The lowest BCUT2D eigenvalue weighted by atomic mass is 9.95. The summed E-state index contributed by atoms with van der Waals surface area (Å²) in [6.45, 7) is 3.82. The smallest absolute Gasteiger partial charge is 0.314 e. The van der Waals surface area contributed by atoms with Gasteiger partial charge in [-0.2, -0.15) is 0 Å². The molecule has 0 aromatic heterocycles. The largest absolute Gasteiger partial charge is 0.407 e. The van der Waals surface area contributed by atoms with Gasteiger partial charge in [0.15, 0.2) is 9.84 Å². The number of rotatable bonds is 4. The highest BCUT2D eigenvalue weighted by Gasteiger charge is 2.30. The molecule has 0 saturated heterocycles. The van der Waals surface area contributed by atoms with E-state index in [2.05, 4.69) is 5.16 Å². The maximum absolute atomic E-state index is 11.9. The third kappa shape index (κ3) is 4.36. The average Bonchev–Trinajstić information content (AvgIpc) is 3.09. The Morgan fingerprint density at radius 2 is 1.85 bits per heavy atom. The fraction of sp³-hybridized carbons (Fsp3) is 0.300. The average molecular weight is 387 g/mol. The number of hydrogen-bond donors (Lipinski definition) is 0. The van der Waals surface area contributed by atoms with Gasteiger partial charge in [0.05, 0.1) is 10.8 Å². The number of ether oxygens (including phenoxy) is 1. The molecule has 27 heavy (non-hydrogen) atoms. The van der Waals surface area contributed by atoms with Crippen LogP contribution in [0.3, 0.4) is 0 Å². The Balaban J connectivity index is 1.85. The zero-order valence-corrected chi connectivity index (χ0v) is 16.2. The third-order valence-electron chi connectivity index (χ3n) is 4.28. The van der Waals surface area contributed by atoms with E-state index < -0.39 is 9.84 Å². The monoisotopic (exact) mass is 387 g/mol. The second-order valence-corrected chi connectivity index (χ2v) is 8.79. The van der Waals surface area contributed by atoms with E-state index in [9.17, 15) is 13.2 Å². The normalized spacial score (nSPS) is 16.7. The lowest BCUT2D eigenvalue weighted by molar-refractivity contribution is -0.139. The van der Waals surface area contributed by atoms with Crippen LogP contribution in [0.25, 0.3) is 11.1 Å². The van der Waals surface area contributed by atoms with Gasteiger partial charge in [-0.25, -0.2) is 8.42 Å². The van der Waals surface area contributed by atoms with Gasteiger partial charge in [-0.1, -0.05) is 55.4 Å². The molecule has 0 bridgehead atoms. The Bertz CT molecular complexity index is 978. The number of carbonyl (C=O) groups is 1. The highest BCUT2D eigenvalue weighted by Crippen LogP contribution is 2.29. The van der Waals surface area contributed by atoms with E-state index in [4.69, 9.17) is 9.57 Å². The number of sulfone groups is 1. The molecule has 0 aliphatic carbocycles. The van der Waals surface area contributed by atoms with Crippen molar-refractivity contribution in [2.75, 3.05) is 12.9 Å². The number of oxime groups is 1. The maximum atomic E-state index is 11.9. The minimum Gasteiger partial charge on any atom is -0.407 e. The molecule has 1 unspecified atom stereocenters. The molecule has 2 aromatic carbocycles. The van der Waals surface area contributed by atoms with Crippen molar-refractivity contribution in [3.05, 3.63) is 54.1 Å². The van der Waals surface area contributed by atoms with Gasteiger partial charge in [-0.3, -0.25) is 4.79 Å². The molecule has 1 heterocycles. The molecule has 0 saturated carbocycles. The molecule has 7 heteroatoms. The van der Waals surface area contributed by atoms with Crippen molar-refractivity contribution in [2.24, 2.45) is 11.1 Å². The SMILES string of the molecule is CC(C)C(=O)OC1=NOCC1c1cccc(-c2ccc(S(C)(=O)=O)cc2)c1. The highest BCUT2D eigenvalue weighted by atomic mass is 32.2. The summed E-state index contributed by atoms with van der Waals surface area (Å²) in [5.74, 6) is -0.605. The first-order valence-corrected chi connectivity index (χ1v) is 10.5.